The number of unbranched alkanes of at least 4 members (excludes halogenated alkanes) is 10. The second-order valence-electron chi connectivity index (χ2n) is 7.78. The van der Waals surface area contributed by atoms with Crippen molar-refractivity contribution in [1.29, 1.82) is 0 Å². The number of carboxylic acids is 1. The first kappa shape index (κ1) is 26.9. The SMILES string of the molecule is CCCCCCCCC(CCCCCCCC)(C(=O)[O-])C(C(N)=O)S(=O)(=O)O. The van der Waals surface area contributed by atoms with E-state index in [9.17, 15) is 27.7 Å². The molecular formula is C20H38NO6S-. The van der Waals surface area contributed by atoms with Gasteiger partial charge in [0.15, 0.2) is 5.25 Å². The van der Waals surface area contributed by atoms with Gasteiger partial charge in [0.2, 0.25) is 5.91 Å². The Labute approximate surface area is 170 Å². The molecule has 0 saturated carbocycles. The first-order valence-electron chi connectivity index (χ1n) is 10.6. The third kappa shape index (κ3) is 9.37. The maximum absolute atomic E-state index is 12.1. The number of amides is 1. The zero-order valence-corrected chi connectivity index (χ0v) is 18.3. The molecule has 0 spiro atoms. The Kier molecular flexibility index (Phi) is 13.4. The van der Waals surface area contributed by atoms with Crippen molar-refractivity contribution in [3.8, 4) is 0 Å². The highest BCUT2D eigenvalue weighted by atomic mass is 32.2. The maximum Gasteiger partial charge on any atom is 0.277 e. The van der Waals surface area contributed by atoms with Gasteiger partial charge in [-0.3, -0.25) is 9.35 Å². The van der Waals surface area contributed by atoms with Gasteiger partial charge in [0.05, 0.1) is 0 Å². The van der Waals surface area contributed by atoms with Gasteiger partial charge < -0.3 is 15.6 Å². The summed E-state index contributed by atoms with van der Waals surface area (Å²) in [4.78, 5) is 23.9. The van der Waals surface area contributed by atoms with Crippen LogP contribution in [-0.4, -0.2) is 30.1 Å². The highest BCUT2D eigenvalue weighted by molar-refractivity contribution is 7.87. The number of hydrogen-bond donors (Lipinski definition) is 2. The average molecular weight is 421 g/mol. The van der Waals surface area contributed by atoms with E-state index in [1.807, 2.05) is 0 Å². The monoisotopic (exact) mass is 420 g/mol. The largest absolute Gasteiger partial charge is 0.549 e. The van der Waals surface area contributed by atoms with Gasteiger partial charge in [0.1, 0.15) is 0 Å². The fraction of sp³-hybridized carbons (Fsp3) is 0.900. The van der Waals surface area contributed by atoms with Crippen molar-refractivity contribution >= 4 is 22.0 Å². The van der Waals surface area contributed by atoms with Crippen molar-refractivity contribution in [2.75, 3.05) is 0 Å². The van der Waals surface area contributed by atoms with Crippen molar-refractivity contribution in [3.05, 3.63) is 0 Å². The summed E-state index contributed by atoms with van der Waals surface area (Å²) in [5, 5.41) is 9.87. The molecule has 0 aromatic rings. The van der Waals surface area contributed by atoms with Crippen LogP contribution in [-0.2, 0) is 19.7 Å². The predicted molar refractivity (Wildman–Crippen MR) is 108 cm³/mol. The molecule has 1 unspecified atom stereocenters. The molecule has 166 valence electrons. The number of hydrogen-bond acceptors (Lipinski definition) is 5. The van der Waals surface area contributed by atoms with Crippen LogP contribution >= 0.6 is 0 Å². The molecule has 0 aliphatic heterocycles. The lowest BCUT2D eigenvalue weighted by molar-refractivity contribution is -0.320. The van der Waals surface area contributed by atoms with Gasteiger partial charge in [-0.05, 0) is 12.8 Å². The lowest BCUT2D eigenvalue weighted by Crippen LogP contribution is -2.57. The van der Waals surface area contributed by atoms with Gasteiger partial charge >= 0.3 is 0 Å². The Hall–Kier alpha value is -1.15. The number of carbonyl (C=O) groups excluding carboxylic acids is 2. The first-order chi connectivity index (χ1) is 13.1. The zero-order valence-electron chi connectivity index (χ0n) is 17.5. The van der Waals surface area contributed by atoms with Crippen LogP contribution in [0, 0.1) is 5.41 Å². The highest BCUT2D eigenvalue weighted by Gasteiger charge is 2.50. The first-order valence-corrected chi connectivity index (χ1v) is 12.1. The van der Waals surface area contributed by atoms with Crippen LogP contribution in [0.15, 0.2) is 0 Å². The fourth-order valence-corrected chi connectivity index (χ4v) is 5.04. The summed E-state index contributed by atoms with van der Waals surface area (Å²) in [7, 11) is -4.96. The van der Waals surface area contributed by atoms with Gasteiger partial charge in [0, 0.05) is 11.4 Å². The summed E-state index contributed by atoms with van der Waals surface area (Å²) in [6, 6.07) is 0. The number of primary amides is 1. The molecule has 7 nitrogen and oxygen atoms in total. The second-order valence-corrected chi connectivity index (χ2v) is 9.28. The standard InChI is InChI=1S/C20H39NO6S/c1-3-5-7-9-11-13-15-20(19(23)24,16-14-12-10-8-6-4-2)17(18(21)22)28(25,26)27/h17H,3-16H2,1-2H3,(H2,21,22)(H,23,24)(H,25,26,27)/p-1. The summed E-state index contributed by atoms with van der Waals surface area (Å²) in [6.07, 6.45) is 10.4. The topological polar surface area (TPSA) is 138 Å². The third-order valence-electron chi connectivity index (χ3n) is 5.42. The number of aliphatic carboxylic acids is 1. The number of carbonyl (C=O) groups is 2. The molecule has 0 aromatic heterocycles. The molecule has 0 bridgehead atoms. The van der Waals surface area contributed by atoms with E-state index >= 15 is 0 Å². The summed E-state index contributed by atoms with van der Waals surface area (Å²) in [5.41, 5.74) is 3.23. The zero-order chi connectivity index (χ0) is 21.6. The van der Waals surface area contributed by atoms with E-state index in [1.165, 1.54) is 0 Å². The molecule has 0 fully saturated rings. The van der Waals surface area contributed by atoms with Crippen LogP contribution in [0.25, 0.3) is 0 Å². The summed E-state index contributed by atoms with van der Waals surface area (Å²) < 4.78 is 33.2. The van der Waals surface area contributed by atoms with E-state index < -0.39 is 32.7 Å². The Morgan fingerprint density at radius 1 is 0.857 bits per heavy atom. The van der Waals surface area contributed by atoms with E-state index in [-0.39, 0.29) is 12.8 Å². The molecular weight excluding hydrogens is 382 g/mol. The maximum atomic E-state index is 12.1. The molecule has 8 heteroatoms. The second kappa shape index (κ2) is 13.9. The predicted octanol–water partition coefficient (Wildman–Crippen LogP) is 2.97. The van der Waals surface area contributed by atoms with Gasteiger partial charge in [0.25, 0.3) is 10.1 Å². The number of nitrogens with two attached hydrogens (primary N) is 1. The van der Waals surface area contributed by atoms with Crippen molar-refractivity contribution < 1.29 is 27.7 Å². The van der Waals surface area contributed by atoms with Gasteiger partial charge in [-0.1, -0.05) is 90.9 Å². The molecule has 0 aliphatic carbocycles. The van der Waals surface area contributed by atoms with Crippen molar-refractivity contribution in [3.63, 3.8) is 0 Å². The molecule has 1 amide bonds. The minimum atomic E-state index is -4.96. The highest BCUT2D eigenvalue weighted by Crippen LogP contribution is 2.38. The molecule has 0 aliphatic rings. The van der Waals surface area contributed by atoms with Crippen LogP contribution in [0.4, 0.5) is 0 Å². The third-order valence-corrected chi connectivity index (χ3v) is 6.70. The van der Waals surface area contributed by atoms with E-state index in [2.05, 4.69) is 13.8 Å². The van der Waals surface area contributed by atoms with Gasteiger partial charge in [-0.15, -0.1) is 0 Å². The molecule has 28 heavy (non-hydrogen) atoms. The molecule has 0 aromatic carbocycles. The molecule has 3 N–H and O–H groups in total. The van der Waals surface area contributed by atoms with Crippen LogP contribution in [0.3, 0.4) is 0 Å². The smallest absolute Gasteiger partial charge is 0.277 e. The van der Waals surface area contributed by atoms with Crippen LogP contribution < -0.4 is 10.8 Å². The Morgan fingerprint density at radius 2 is 1.21 bits per heavy atom. The molecule has 0 saturated heterocycles. The Morgan fingerprint density at radius 3 is 1.50 bits per heavy atom. The Balaban J connectivity index is 5.31. The summed E-state index contributed by atoms with van der Waals surface area (Å²) in [5.74, 6) is -2.97. The van der Waals surface area contributed by atoms with Crippen LogP contribution in [0.1, 0.15) is 104 Å². The van der Waals surface area contributed by atoms with Gasteiger partial charge in [-0.2, -0.15) is 8.42 Å². The average Bonchev–Trinajstić information content (AvgIpc) is 2.58. The quantitative estimate of drug-likeness (QED) is 0.258. The van der Waals surface area contributed by atoms with E-state index in [0.717, 1.165) is 64.2 Å². The minimum Gasteiger partial charge on any atom is -0.549 e. The fourth-order valence-electron chi connectivity index (χ4n) is 3.84. The van der Waals surface area contributed by atoms with Gasteiger partial charge in [-0.25, -0.2) is 0 Å². The normalized spacial score (nSPS) is 13.4. The number of carboxylic acid groups (broad SMARTS) is 1. The van der Waals surface area contributed by atoms with Crippen molar-refractivity contribution in [2.24, 2.45) is 11.1 Å². The van der Waals surface area contributed by atoms with Crippen LogP contribution in [0.2, 0.25) is 0 Å². The van der Waals surface area contributed by atoms with E-state index in [1.54, 1.807) is 0 Å². The molecule has 0 radical (unpaired) electrons. The Bertz CT molecular complexity index is 545. The minimum absolute atomic E-state index is 0.0518. The number of rotatable bonds is 18. The molecule has 1 atom stereocenters. The van der Waals surface area contributed by atoms with Crippen molar-refractivity contribution in [2.45, 2.75) is 109 Å². The van der Waals surface area contributed by atoms with Crippen molar-refractivity contribution in [1.82, 2.24) is 0 Å². The molecule has 0 rings (SSSR count). The lowest BCUT2D eigenvalue weighted by Gasteiger charge is -2.39. The summed E-state index contributed by atoms with van der Waals surface area (Å²) in [6.45, 7) is 4.18. The van der Waals surface area contributed by atoms with E-state index in [4.69, 9.17) is 5.73 Å². The van der Waals surface area contributed by atoms with Crippen LogP contribution in [0.5, 0.6) is 0 Å². The van der Waals surface area contributed by atoms with E-state index in [0.29, 0.717) is 12.8 Å². The summed E-state index contributed by atoms with van der Waals surface area (Å²) >= 11 is 0. The lowest BCUT2D eigenvalue weighted by atomic mass is 9.74. The molecule has 0 heterocycles.